The smallest absolute Gasteiger partial charge is 0.227 e. The summed E-state index contributed by atoms with van der Waals surface area (Å²) < 4.78 is 0. The molecule has 0 bridgehead atoms. The van der Waals surface area contributed by atoms with Crippen molar-refractivity contribution in [2.75, 3.05) is 18.4 Å². The van der Waals surface area contributed by atoms with Crippen molar-refractivity contribution in [1.82, 2.24) is 4.90 Å². The summed E-state index contributed by atoms with van der Waals surface area (Å²) in [5.74, 6) is 0.179. The molecule has 3 rings (SSSR count). The van der Waals surface area contributed by atoms with Gasteiger partial charge in [-0.2, -0.15) is 0 Å². The number of aryl methyl sites for hydroxylation is 3. The molecule has 1 heterocycles. The third kappa shape index (κ3) is 4.76. The van der Waals surface area contributed by atoms with Gasteiger partial charge in [0.15, 0.2) is 0 Å². The van der Waals surface area contributed by atoms with E-state index in [0.29, 0.717) is 19.5 Å². The second-order valence-electron chi connectivity index (χ2n) is 7.57. The molecule has 4 nitrogen and oxygen atoms in total. The van der Waals surface area contributed by atoms with Crippen LogP contribution >= 0.6 is 0 Å². The Hall–Kier alpha value is -2.62. The summed E-state index contributed by atoms with van der Waals surface area (Å²) in [4.78, 5) is 27.1. The molecular weight excluding hydrogens is 336 g/mol. The Morgan fingerprint density at radius 2 is 1.56 bits per heavy atom. The quantitative estimate of drug-likeness (QED) is 0.890. The molecule has 142 valence electrons. The number of rotatable bonds is 4. The average Bonchev–Trinajstić information content (AvgIpc) is 2.66. The molecule has 0 aromatic heterocycles. The molecule has 2 aromatic carbocycles. The minimum Gasteiger partial charge on any atom is -0.342 e. The van der Waals surface area contributed by atoms with Crippen LogP contribution in [0.1, 0.15) is 35.1 Å². The lowest BCUT2D eigenvalue weighted by atomic mass is 9.95. The number of nitrogens with zero attached hydrogens (tertiary/aromatic N) is 1. The van der Waals surface area contributed by atoms with Crippen molar-refractivity contribution in [2.24, 2.45) is 5.92 Å². The molecule has 1 N–H and O–H groups in total. The van der Waals surface area contributed by atoms with Gasteiger partial charge in [-0.25, -0.2) is 0 Å². The lowest BCUT2D eigenvalue weighted by Gasteiger charge is -2.31. The van der Waals surface area contributed by atoms with Gasteiger partial charge in [-0.05, 0) is 50.3 Å². The predicted octanol–water partition coefficient (Wildman–Crippen LogP) is 4.03. The van der Waals surface area contributed by atoms with E-state index >= 15 is 0 Å². The van der Waals surface area contributed by atoms with E-state index in [4.69, 9.17) is 0 Å². The molecule has 1 aliphatic heterocycles. The number of hydrogen-bond donors (Lipinski definition) is 1. The minimum atomic E-state index is -0.0348. The number of amides is 2. The van der Waals surface area contributed by atoms with Crippen LogP contribution in [0.2, 0.25) is 0 Å². The molecule has 0 radical (unpaired) electrons. The highest BCUT2D eigenvalue weighted by Crippen LogP contribution is 2.24. The molecule has 27 heavy (non-hydrogen) atoms. The summed E-state index contributed by atoms with van der Waals surface area (Å²) >= 11 is 0. The average molecular weight is 364 g/mol. The van der Waals surface area contributed by atoms with E-state index in [2.05, 4.69) is 5.32 Å². The van der Waals surface area contributed by atoms with Gasteiger partial charge in [0.2, 0.25) is 11.8 Å². The maximum Gasteiger partial charge on any atom is 0.227 e. The van der Waals surface area contributed by atoms with Crippen LogP contribution in [0.25, 0.3) is 0 Å². The zero-order valence-electron chi connectivity index (χ0n) is 16.4. The minimum absolute atomic E-state index is 0.0348. The lowest BCUT2D eigenvalue weighted by molar-refractivity contribution is -0.133. The maximum atomic E-state index is 12.7. The van der Waals surface area contributed by atoms with Crippen LogP contribution in [-0.4, -0.2) is 29.8 Å². The highest BCUT2D eigenvalue weighted by molar-refractivity contribution is 5.94. The van der Waals surface area contributed by atoms with Crippen LogP contribution in [0, 0.1) is 26.7 Å². The number of carbonyl (C=O) groups excluding carboxylic acids is 2. The predicted molar refractivity (Wildman–Crippen MR) is 109 cm³/mol. The molecule has 0 saturated carbocycles. The van der Waals surface area contributed by atoms with Gasteiger partial charge in [-0.15, -0.1) is 0 Å². The highest BCUT2D eigenvalue weighted by atomic mass is 16.2. The van der Waals surface area contributed by atoms with E-state index in [-0.39, 0.29) is 17.7 Å². The van der Waals surface area contributed by atoms with E-state index < -0.39 is 0 Å². The summed E-state index contributed by atoms with van der Waals surface area (Å²) in [5, 5.41) is 3.09. The normalized spacial score (nSPS) is 14.9. The molecule has 1 fully saturated rings. The Kier molecular flexibility index (Phi) is 5.94. The third-order valence-corrected chi connectivity index (χ3v) is 5.42. The summed E-state index contributed by atoms with van der Waals surface area (Å²) in [5.41, 5.74) is 5.31. The first kappa shape index (κ1) is 19.2. The van der Waals surface area contributed by atoms with Crippen molar-refractivity contribution in [2.45, 2.75) is 40.0 Å². The summed E-state index contributed by atoms with van der Waals surface area (Å²) in [7, 11) is 0. The van der Waals surface area contributed by atoms with Crippen molar-refractivity contribution in [3.63, 3.8) is 0 Å². The molecule has 0 aliphatic carbocycles. The zero-order chi connectivity index (χ0) is 19.4. The first-order valence-electron chi connectivity index (χ1n) is 9.64. The molecule has 2 amide bonds. The summed E-state index contributed by atoms with van der Waals surface area (Å²) in [6, 6.07) is 14.1. The Bertz CT molecular complexity index is 799. The molecule has 0 unspecified atom stereocenters. The summed E-state index contributed by atoms with van der Waals surface area (Å²) in [6.07, 6.45) is 1.87. The molecule has 0 spiro atoms. The number of likely N-dealkylation sites (tertiary alicyclic amines) is 1. The van der Waals surface area contributed by atoms with E-state index in [0.717, 1.165) is 35.2 Å². The molecule has 2 aromatic rings. The van der Waals surface area contributed by atoms with Gasteiger partial charge >= 0.3 is 0 Å². The van der Waals surface area contributed by atoms with Crippen LogP contribution in [0.4, 0.5) is 5.69 Å². The second-order valence-corrected chi connectivity index (χ2v) is 7.57. The van der Waals surface area contributed by atoms with E-state index in [1.54, 1.807) is 0 Å². The number of anilines is 1. The number of benzene rings is 2. The first-order valence-corrected chi connectivity index (χ1v) is 9.64. The topological polar surface area (TPSA) is 49.4 Å². The van der Waals surface area contributed by atoms with Crippen LogP contribution in [-0.2, 0) is 16.0 Å². The Labute approximate surface area is 161 Å². The largest absolute Gasteiger partial charge is 0.342 e. The Balaban J connectivity index is 1.53. The second kappa shape index (κ2) is 8.38. The third-order valence-electron chi connectivity index (χ3n) is 5.42. The molecule has 4 heteroatoms. The first-order chi connectivity index (χ1) is 12.9. The standard InChI is InChI=1S/C23H28N2O2/c1-16-7-9-19(10-8-16)15-21(26)25-13-11-20(12-14-25)23(27)24-22-17(2)5-4-6-18(22)3/h4-10,20H,11-15H2,1-3H3,(H,24,27). The fourth-order valence-electron chi connectivity index (χ4n) is 3.62. The van der Waals surface area contributed by atoms with Crippen molar-refractivity contribution in [1.29, 1.82) is 0 Å². The van der Waals surface area contributed by atoms with Crippen molar-refractivity contribution < 1.29 is 9.59 Å². The lowest BCUT2D eigenvalue weighted by Crippen LogP contribution is -2.42. The number of nitrogens with one attached hydrogen (secondary N) is 1. The van der Waals surface area contributed by atoms with Crippen molar-refractivity contribution in [3.8, 4) is 0 Å². The molecular formula is C23H28N2O2. The Morgan fingerprint density at radius 3 is 2.15 bits per heavy atom. The monoisotopic (exact) mass is 364 g/mol. The van der Waals surface area contributed by atoms with Crippen LogP contribution < -0.4 is 5.32 Å². The fraction of sp³-hybridized carbons (Fsp3) is 0.391. The number of carbonyl (C=O) groups is 2. The number of hydrogen-bond acceptors (Lipinski definition) is 2. The number of piperidine rings is 1. The highest BCUT2D eigenvalue weighted by Gasteiger charge is 2.27. The maximum absolute atomic E-state index is 12.7. The van der Waals surface area contributed by atoms with Crippen LogP contribution in [0.3, 0.4) is 0 Å². The van der Waals surface area contributed by atoms with Crippen LogP contribution in [0.5, 0.6) is 0 Å². The SMILES string of the molecule is Cc1ccc(CC(=O)N2CCC(C(=O)Nc3c(C)cccc3C)CC2)cc1. The van der Waals surface area contributed by atoms with Gasteiger partial charge in [0.05, 0.1) is 6.42 Å². The molecule has 1 aliphatic rings. The van der Waals surface area contributed by atoms with Crippen LogP contribution in [0.15, 0.2) is 42.5 Å². The molecule has 0 atom stereocenters. The van der Waals surface area contributed by atoms with E-state index in [1.807, 2.05) is 68.1 Å². The van der Waals surface area contributed by atoms with E-state index in [9.17, 15) is 9.59 Å². The van der Waals surface area contributed by atoms with Crippen molar-refractivity contribution >= 4 is 17.5 Å². The van der Waals surface area contributed by atoms with Gasteiger partial charge in [0.1, 0.15) is 0 Å². The number of para-hydroxylation sites is 1. The van der Waals surface area contributed by atoms with Gasteiger partial charge in [0.25, 0.3) is 0 Å². The molecule has 1 saturated heterocycles. The fourth-order valence-corrected chi connectivity index (χ4v) is 3.62. The van der Waals surface area contributed by atoms with Gasteiger partial charge < -0.3 is 10.2 Å². The van der Waals surface area contributed by atoms with Gasteiger partial charge in [-0.1, -0.05) is 48.0 Å². The zero-order valence-corrected chi connectivity index (χ0v) is 16.4. The van der Waals surface area contributed by atoms with Gasteiger partial charge in [0, 0.05) is 24.7 Å². The van der Waals surface area contributed by atoms with Crippen molar-refractivity contribution in [3.05, 3.63) is 64.7 Å². The van der Waals surface area contributed by atoms with E-state index in [1.165, 1.54) is 5.56 Å². The summed E-state index contributed by atoms with van der Waals surface area (Å²) in [6.45, 7) is 7.36. The van der Waals surface area contributed by atoms with Gasteiger partial charge in [-0.3, -0.25) is 9.59 Å². The Morgan fingerprint density at radius 1 is 0.963 bits per heavy atom.